The zero-order chi connectivity index (χ0) is 21.4. The Bertz CT molecular complexity index is 979. The highest BCUT2D eigenvalue weighted by atomic mass is 79.9. The highest BCUT2D eigenvalue weighted by Crippen LogP contribution is 2.35. The molecule has 0 aromatic heterocycles. The quantitative estimate of drug-likeness (QED) is 0.667. The van der Waals surface area contributed by atoms with Crippen molar-refractivity contribution in [2.45, 2.75) is 18.6 Å². The number of nitrogens with one attached hydrogen (secondary N) is 2. The van der Waals surface area contributed by atoms with Crippen molar-refractivity contribution in [3.05, 3.63) is 64.1 Å². The summed E-state index contributed by atoms with van der Waals surface area (Å²) in [4.78, 5) is 38.0. The molecule has 2 aromatic rings. The van der Waals surface area contributed by atoms with E-state index in [-0.39, 0.29) is 0 Å². The van der Waals surface area contributed by atoms with Gasteiger partial charge in [-0.15, -0.1) is 0 Å². The maximum Gasteiger partial charge on any atom is 0.418 e. The Balaban J connectivity index is 1.77. The van der Waals surface area contributed by atoms with Crippen molar-refractivity contribution in [3.63, 3.8) is 0 Å². The number of imide groups is 1. The van der Waals surface area contributed by atoms with Crippen molar-refractivity contribution in [2.75, 3.05) is 11.9 Å². The third kappa shape index (κ3) is 4.12. The van der Waals surface area contributed by atoms with E-state index in [4.69, 9.17) is 0 Å². The van der Waals surface area contributed by atoms with E-state index in [9.17, 15) is 27.6 Å². The lowest BCUT2D eigenvalue weighted by molar-refractivity contribution is -0.137. The standard InChI is InChI=1S/C19H15BrF3N3O3/c1-18(11-6-8-12(20)9-7-11)16(28)26(17(29)25-18)10-15(27)24-14-5-3-2-4-13(14)19(21,22)23/h2-9H,10H2,1H3,(H,24,27)(H,25,29)/t18-/m1/s1. The van der Waals surface area contributed by atoms with Crippen LogP contribution in [0.2, 0.25) is 0 Å². The number of benzene rings is 2. The summed E-state index contributed by atoms with van der Waals surface area (Å²) in [5.74, 6) is -1.60. The van der Waals surface area contributed by atoms with Crippen LogP contribution >= 0.6 is 15.9 Å². The molecule has 0 unspecified atom stereocenters. The normalized spacial score (nSPS) is 19.3. The SMILES string of the molecule is C[C@]1(c2ccc(Br)cc2)NC(=O)N(CC(=O)Nc2ccccc2C(F)(F)F)C1=O. The van der Waals surface area contributed by atoms with Crippen molar-refractivity contribution in [3.8, 4) is 0 Å². The number of carbonyl (C=O) groups is 3. The number of para-hydroxylation sites is 1. The number of carbonyl (C=O) groups excluding carboxylic acids is 3. The Morgan fingerprint density at radius 1 is 1.14 bits per heavy atom. The van der Waals surface area contributed by atoms with Gasteiger partial charge in [-0.25, -0.2) is 4.79 Å². The van der Waals surface area contributed by atoms with Crippen molar-refractivity contribution < 1.29 is 27.6 Å². The molecule has 2 aromatic carbocycles. The first kappa shape index (κ1) is 20.8. The molecule has 152 valence electrons. The zero-order valence-corrected chi connectivity index (χ0v) is 16.6. The largest absolute Gasteiger partial charge is 0.418 e. The Labute approximate surface area is 172 Å². The van der Waals surface area contributed by atoms with Gasteiger partial charge in [0, 0.05) is 4.47 Å². The molecule has 10 heteroatoms. The number of alkyl halides is 3. The van der Waals surface area contributed by atoms with E-state index >= 15 is 0 Å². The van der Waals surface area contributed by atoms with E-state index in [1.54, 1.807) is 24.3 Å². The van der Waals surface area contributed by atoms with E-state index in [0.29, 0.717) is 10.5 Å². The minimum absolute atomic E-state index is 0.451. The molecule has 1 aliphatic rings. The van der Waals surface area contributed by atoms with Gasteiger partial charge in [0.25, 0.3) is 5.91 Å². The molecule has 0 spiro atoms. The molecule has 4 amide bonds. The van der Waals surface area contributed by atoms with E-state index in [2.05, 4.69) is 26.6 Å². The first-order chi connectivity index (χ1) is 13.5. The van der Waals surface area contributed by atoms with Crippen LogP contribution in [-0.4, -0.2) is 29.3 Å². The van der Waals surface area contributed by atoms with Crippen LogP contribution in [0.5, 0.6) is 0 Å². The van der Waals surface area contributed by atoms with Crippen LogP contribution in [0.3, 0.4) is 0 Å². The second-order valence-corrected chi connectivity index (χ2v) is 7.46. The van der Waals surface area contributed by atoms with Gasteiger partial charge in [-0.05, 0) is 36.8 Å². The molecule has 1 heterocycles. The van der Waals surface area contributed by atoms with Crippen molar-refractivity contribution in [1.29, 1.82) is 0 Å². The van der Waals surface area contributed by atoms with Gasteiger partial charge in [0.05, 0.1) is 11.3 Å². The molecule has 0 aliphatic carbocycles. The summed E-state index contributed by atoms with van der Waals surface area (Å²) in [6.45, 7) is 0.774. The van der Waals surface area contributed by atoms with Gasteiger partial charge in [0.15, 0.2) is 0 Å². The number of urea groups is 1. The number of amides is 4. The van der Waals surface area contributed by atoms with E-state index < -0.39 is 47.4 Å². The van der Waals surface area contributed by atoms with Gasteiger partial charge >= 0.3 is 12.2 Å². The monoisotopic (exact) mass is 469 g/mol. The summed E-state index contributed by atoms with van der Waals surface area (Å²) in [6.07, 6.45) is -4.66. The van der Waals surface area contributed by atoms with Gasteiger partial charge in [-0.3, -0.25) is 14.5 Å². The molecule has 1 fully saturated rings. The highest BCUT2D eigenvalue weighted by Gasteiger charge is 2.49. The van der Waals surface area contributed by atoms with E-state index in [1.165, 1.54) is 19.1 Å². The van der Waals surface area contributed by atoms with Crippen LogP contribution in [0.15, 0.2) is 53.0 Å². The molecule has 0 radical (unpaired) electrons. The minimum Gasteiger partial charge on any atom is -0.324 e. The Kier molecular flexibility index (Phi) is 5.40. The summed E-state index contributed by atoms with van der Waals surface area (Å²) >= 11 is 3.28. The minimum atomic E-state index is -4.66. The predicted molar refractivity (Wildman–Crippen MR) is 102 cm³/mol. The average molecular weight is 470 g/mol. The third-order valence-corrected chi connectivity index (χ3v) is 5.03. The van der Waals surface area contributed by atoms with Gasteiger partial charge in [-0.1, -0.05) is 40.2 Å². The first-order valence-corrected chi connectivity index (χ1v) is 9.18. The van der Waals surface area contributed by atoms with Crippen LogP contribution in [0, 0.1) is 0 Å². The fourth-order valence-electron chi connectivity index (χ4n) is 2.99. The summed E-state index contributed by atoms with van der Waals surface area (Å²) in [6, 6.07) is 10.3. The summed E-state index contributed by atoms with van der Waals surface area (Å²) in [5.41, 5.74) is -2.36. The molecule has 0 saturated carbocycles. The Morgan fingerprint density at radius 3 is 2.38 bits per heavy atom. The van der Waals surface area contributed by atoms with Crippen LogP contribution in [-0.2, 0) is 21.3 Å². The molecule has 0 bridgehead atoms. The van der Waals surface area contributed by atoms with Crippen LogP contribution < -0.4 is 10.6 Å². The highest BCUT2D eigenvalue weighted by molar-refractivity contribution is 9.10. The van der Waals surface area contributed by atoms with E-state index in [0.717, 1.165) is 16.6 Å². The number of hydrogen-bond donors (Lipinski definition) is 2. The fourth-order valence-corrected chi connectivity index (χ4v) is 3.26. The Morgan fingerprint density at radius 2 is 1.76 bits per heavy atom. The van der Waals surface area contributed by atoms with Gasteiger partial charge in [-0.2, -0.15) is 13.2 Å². The second-order valence-electron chi connectivity index (χ2n) is 6.54. The van der Waals surface area contributed by atoms with Crippen molar-refractivity contribution in [2.24, 2.45) is 0 Å². The molecule has 3 rings (SSSR count). The lowest BCUT2D eigenvalue weighted by Gasteiger charge is -2.22. The van der Waals surface area contributed by atoms with Gasteiger partial charge < -0.3 is 10.6 Å². The maximum atomic E-state index is 13.1. The number of anilines is 1. The molecule has 1 saturated heterocycles. The van der Waals surface area contributed by atoms with Crippen LogP contribution in [0.25, 0.3) is 0 Å². The number of halogens is 4. The smallest absolute Gasteiger partial charge is 0.324 e. The molecular formula is C19H15BrF3N3O3. The zero-order valence-electron chi connectivity index (χ0n) is 15.0. The van der Waals surface area contributed by atoms with Crippen molar-refractivity contribution >= 4 is 39.5 Å². The molecule has 2 N–H and O–H groups in total. The van der Waals surface area contributed by atoms with Crippen LogP contribution in [0.1, 0.15) is 18.1 Å². The maximum absolute atomic E-state index is 13.1. The van der Waals surface area contributed by atoms with Crippen LogP contribution in [0.4, 0.5) is 23.7 Å². The first-order valence-electron chi connectivity index (χ1n) is 8.38. The predicted octanol–water partition coefficient (Wildman–Crippen LogP) is 3.87. The summed E-state index contributed by atoms with van der Waals surface area (Å²) in [5, 5.41) is 4.65. The topological polar surface area (TPSA) is 78.5 Å². The Hall–Kier alpha value is -2.88. The molecule has 1 atom stereocenters. The number of hydrogen-bond acceptors (Lipinski definition) is 3. The second kappa shape index (κ2) is 7.51. The lowest BCUT2D eigenvalue weighted by Crippen LogP contribution is -2.42. The summed E-state index contributed by atoms with van der Waals surface area (Å²) in [7, 11) is 0. The molecular weight excluding hydrogens is 455 g/mol. The average Bonchev–Trinajstić information content (AvgIpc) is 2.86. The van der Waals surface area contributed by atoms with Gasteiger partial charge in [0.1, 0.15) is 12.1 Å². The van der Waals surface area contributed by atoms with E-state index in [1.807, 2.05) is 0 Å². The molecule has 1 aliphatic heterocycles. The molecule has 29 heavy (non-hydrogen) atoms. The van der Waals surface area contributed by atoms with Crippen molar-refractivity contribution in [1.82, 2.24) is 10.2 Å². The fraction of sp³-hybridized carbons (Fsp3) is 0.211. The summed E-state index contributed by atoms with van der Waals surface area (Å²) < 4.78 is 40.0. The lowest BCUT2D eigenvalue weighted by atomic mass is 9.92. The number of nitrogens with zero attached hydrogens (tertiary/aromatic N) is 1. The third-order valence-electron chi connectivity index (χ3n) is 4.50. The number of rotatable bonds is 4. The van der Waals surface area contributed by atoms with Gasteiger partial charge in [0.2, 0.25) is 5.91 Å². The molecule has 6 nitrogen and oxygen atoms in total.